The molecule has 0 aromatic heterocycles. The standard InChI is InChI=1S/C14H13N5O5S/c20-12-8-10(19(21)22)6-7-11(12)16-14-13(17-25(23,24)18-14)15-9-4-2-1-3-5-9/h1-4,6-9,20H,5H2,(H,15,17)(H,16,18). The second-order valence-corrected chi connectivity index (χ2v) is 6.47. The Balaban J connectivity index is 1.83. The highest BCUT2D eigenvalue weighted by atomic mass is 32.2. The molecule has 0 bridgehead atoms. The van der Waals surface area contributed by atoms with Crippen LogP contribution in [0, 0.1) is 10.1 Å². The van der Waals surface area contributed by atoms with E-state index in [4.69, 9.17) is 0 Å². The molecule has 0 fully saturated rings. The summed E-state index contributed by atoms with van der Waals surface area (Å²) in [6.45, 7) is 0. The third-order valence-electron chi connectivity index (χ3n) is 3.39. The highest BCUT2D eigenvalue weighted by Gasteiger charge is 2.26. The fourth-order valence-corrected chi connectivity index (χ4v) is 3.02. The molecule has 1 aromatic rings. The third kappa shape index (κ3) is 3.83. The molecular formula is C14H13N5O5S. The van der Waals surface area contributed by atoms with E-state index in [1.54, 1.807) is 0 Å². The smallest absolute Gasteiger partial charge is 0.367 e. The van der Waals surface area contributed by atoms with E-state index in [-0.39, 0.29) is 29.1 Å². The Kier molecular flexibility index (Phi) is 4.23. The number of amidine groups is 2. The van der Waals surface area contributed by atoms with Gasteiger partial charge in [0.15, 0.2) is 11.7 Å². The van der Waals surface area contributed by atoms with Crippen LogP contribution >= 0.6 is 0 Å². The number of aromatic hydroxyl groups is 1. The van der Waals surface area contributed by atoms with Gasteiger partial charge in [0, 0.05) is 12.1 Å². The van der Waals surface area contributed by atoms with E-state index in [0.717, 1.165) is 6.07 Å². The van der Waals surface area contributed by atoms with Crippen LogP contribution in [0.15, 0.2) is 51.3 Å². The molecule has 0 spiro atoms. The maximum atomic E-state index is 11.7. The monoisotopic (exact) mass is 363 g/mol. The summed E-state index contributed by atoms with van der Waals surface area (Å²) < 4.78 is 30.4. The van der Waals surface area contributed by atoms with Gasteiger partial charge in [0.1, 0.15) is 5.75 Å². The SMILES string of the molecule is O=[N+]([O-])c1ccc(NC2=NS(=O)(=O)N=C2NC2C=CC=CC2)c(O)c1. The molecule has 0 radical (unpaired) electrons. The molecule has 1 heterocycles. The van der Waals surface area contributed by atoms with Crippen molar-refractivity contribution in [2.75, 3.05) is 5.32 Å². The van der Waals surface area contributed by atoms with Crippen LogP contribution in [0.25, 0.3) is 0 Å². The number of nitro groups is 1. The minimum absolute atomic E-state index is 0.00250. The van der Waals surface area contributed by atoms with E-state index in [1.165, 1.54) is 12.1 Å². The van der Waals surface area contributed by atoms with E-state index in [2.05, 4.69) is 19.4 Å². The average Bonchev–Trinajstić information content (AvgIpc) is 2.83. The van der Waals surface area contributed by atoms with Crippen molar-refractivity contribution < 1.29 is 18.4 Å². The first-order chi connectivity index (χ1) is 11.8. The van der Waals surface area contributed by atoms with E-state index >= 15 is 0 Å². The van der Waals surface area contributed by atoms with Gasteiger partial charge < -0.3 is 15.7 Å². The highest BCUT2D eigenvalue weighted by molar-refractivity contribution is 7.89. The number of non-ortho nitro benzene ring substituents is 1. The molecule has 25 heavy (non-hydrogen) atoms. The zero-order valence-electron chi connectivity index (χ0n) is 12.7. The summed E-state index contributed by atoms with van der Waals surface area (Å²) in [5, 5.41) is 26.2. The number of benzene rings is 1. The molecule has 1 aliphatic carbocycles. The van der Waals surface area contributed by atoms with Crippen LogP contribution in [0.1, 0.15) is 6.42 Å². The van der Waals surface area contributed by atoms with Crippen LogP contribution in [-0.2, 0) is 10.2 Å². The summed E-state index contributed by atoms with van der Waals surface area (Å²) in [5.74, 6) is -0.518. The predicted octanol–water partition coefficient (Wildman–Crippen LogP) is 1.24. The number of nitrogens with zero attached hydrogens (tertiary/aromatic N) is 3. The van der Waals surface area contributed by atoms with Gasteiger partial charge in [-0.2, -0.15) is 8.42 Å². The molecule has 1 unspecified atom stereocenters. The largest absolute Gasteiger partial charge is 0.506 e. The summed E-state index contributed by atoms with van der Waals surface area (Å²) in [7, 11) is -4.03. The van der Waals surface area contributed by atoms with Gasteiger partial charge in [0.2, 0.25) is 0 Å². The molecular weight excluding hydrogens is 350 g/mol. The minimum Gasteiger partial charge on any atom is -0.506 e. The Morgan fingerprint density at radius 3 is 2.64 bits per heavy atom. The summed E-state index contributed by atoms with van der Waals surface area (Å²) in [4.78, 5) is 10.0. The van der Waals surface area contributed by atoms with Crippen LogP contribution in [0.2, 0.25) is 0 Å². The highest BCUT2D eigenvalue weighted by Crippen LogP contribution is 2.28. The molecule has 3 N–H and O–H groups in total. The predicted molar refractivity (Wildman–Crippen MR) is 92.0 cm³/mol. The normalized spacial score (nSPS) is 20.7. The van der Waals surface area contributed by atoms with Gasteiger partial charge in [0.25, 0.3) is 5.69 Å². The molecule has 1 atom stereocenters. The fourth-order valence-electron chi connectivity index (χ4n) is 2.24. The number of allylic oxidation sites excluding steroid dienone is 2. The number of nitrogens with one attached hydrogen (secondary N) is 2. The van der Waals surface area contributed by atoms with Crippen molar-refractivity contribution in [3.63, 3.8) is 0 Å². The minimum atomic E-state index is -4.03. The molecule has 1 aliphatic heterocycles. The number of hydrogen-bond acceptors (Lipinski definition) is 7. The van der Waals surface area contributed by atoms with Crippen LogP contribution in [0.4, 0.5) is 11.4 Å². The van der Waals surface area contributed by atoms with E-state index in [1.807, 2.05) is 24.3 Å². The number of rotatable bonds is 3. The van der Waals surface area contributed by atoms with Crippen molar-refractivity contribution >= 4 is 33.3 Å². The molecule has 130 valence electrons. The van der Waals surface area contributed by atoms with Crippen molar-refractivity contribution in [3.05, 3.63) is 52.6 Å². The lowest BCUT2D eigenvalue weighted by atomic mass is 10.1. The maximum Gasteiger partial charge on any atom is 0.367 e. The number of nitro benzene ring substituents is 1. The van der Waals surface area contributed by atoms with Gasteiger partial charge >= 0.3 is 10.2 Å². The van der Waals surface area contributed by atoms with Crippen LogP contribution in [0.3, 0.4) is 0 Å². The lowest BCUT2D eigenvalue weighted by Crippen LogP contribution is -2.40. The lowest BCUT2D eigenvalue weighted by molar-refractivity contribution is -0.384. The van der Waals surface area contributed by atoms with Crippen molar-refractivity contribution in [1.29, 1.82) is 0 Å². The molecule has 11 heteroatoms. The van der Waals surface area contributed by atoms with Crippen LogP contribution in [-0.4, -0.2) is 36.2 Å². The summed E-state index contributed by atoms with van der Waals surface area (Å²) in [6.07, 6.45) is 8.08. The van der Waals surface area contributed by atoms with E-state index in [0.29, 0.717) is 6.42 Å². The van der Waals surface area contributed by atoms with Gasteiger partial charge in [-0.25, -0.2) is 0 Å². The van der Waals surface area contributed by atoms with Gasteiger partial charge in [-0.05, 0) is 12.5 Å². The molecule has 0 saturated heterocycles. The lowest BCUT2D eigenvalue weighted by Gasteiger charge is -2.17. The summed E-state index contributed by atoms with van der Waals surface area (Å²) in [5.41, 5.74) is -0.231. The van der Waals surface area contributed by atoms with Crippen molar-refractivity contribution in [2.45, 2.75) is 12.5 Å². The number of phenolic OH excluding ortho intramolecular Hbond substituents is 1. The van der Waals surface area contributed by atoms with Crippen molar-refractivity contribution in [1.82, 2.24) is 5.32 Å². The van der Waals surface area contributed by atoms with Crippen molar-refractivity contribution in [2.24, 2.45) is 8.80 Å². The molecule has 1 aromatic carbocycles. The zero-order valence-corrected chi connectivity index (χ0v) is 13.5. The number of anilines is 1. The molecule has 0 amide bonds. The quantitative estimate of drug-likeness (QED) is 0.416. The molecule has 10 nitrogen and oxygen atoms in total. The topological polar surface area (TPSA) is 146 Å². The van der Waals surface area contributed by atoms with Gasteiger partial charge in [-0.3, -0.25) is 10.1 Å². The Hall–Kier alpha value is -3.21. The molecule has 0 saturated carbocycles. The zero-order chi connectivity index (χ0) is 18.0. The third-order valence-corrected chi connectivity index (χ3v) is 4.21. The van der Waals surface area contributed by atoms with Gasteiger partial charge in [-0.15, -0.1) is 8.80 Å². The van der Waals surface area contributed by atoms with E-state index < -0.39 is 20.9 Å². The van der Waals surface area contributed by atoms with Crippen LogP contribution in [0.5, 0.6) is 5.75 Å². The van der Waals surface area contributed by atoms with Crippen molar-refractivity contribution in [3.8, 4) is 5.75 Å². The number of phenols is 1. The Bertz CT molecular complexity index is 948. The second-order valence-electron chi connectivity index (χ2n) is 5.21. The first-order valence-electron chi connectivity index (χ1n) is 7.13. The molecule has 3 rings (SSSR count). The summed E-state index contributed by atoms with van der Waals surface area (Å²) in [6, 6.07) is 3.22. The van der Waals surface area contributed by atoms with E-state index in [9.17, 15) is 23.6 Å². The number of hydrogen-bond donors (Lipinski definition) is 3. The average molecular weight is 363 g/mol. The maximum absolute atomic E-state index is 11.7. The summed E-state index contributed by atoms with van der Waals surface area (Å²) >= 11 is 0. The Labute approximate surface area is 142 Å². The molecule has 2 aliphatic rings. The Morgan fingerprint density at radius 1 is 1.24 bits per heavy atom. The van der Waals surface area contributed by atoms with Gasteiger partial charge in [0.05, 0.1) is 16.7 Å². The second kappa shape index (κ2) is 6.36. The van der Waals surface area contributed by atoms with Gasteiger partial charge in [-0.1, -0.05) is 24.3 Å². The fraction of sp³-hybridized carbons (Fsp3) is 0.143. The Morgan fingerprint density at radius 2 is 2.00 bits per heavy atom. The first-order valence-corrected chi connectivity index (χ1v) is 8.53. The first kappa shape index (κ1) is 16.6. The van der Waals surface area contributed by atoms with Crippen LogP contribution < -0.4 is 10.6 Å².